The molecule has 5 nitrogen and oxygen atoms in total. The Labute approximate surface area is 115 Å². The number of ether oxygens (including phenoxy) is 1. The average Bonchev–Trinajstić information content (AvgIpc) is 2.89. The van der Waals surface area contributed by atoms with Gasteiger partial charge in [0.05, 0.1) is 11.9 Å². The van der Waals surface area contributed by atoms with E-state index < -0.39 is 5.97 Å². The van der Waals surface area contributed by atoms with Gasteiger partial charge in [0.2, 0.25) is 0 Å². The summed E-state index contributed by atoms with van der Waals surface area (Å²) in [6.07, 6.45) is 1.63. The monoisotopic (exact) mass is 268 g/mol. The van der Waals surface area contributed by atoms with Crippen molar-refractivity contribution in [3.63, 3.8) is 0 Å². The number of carboxylic acid groups (broad SMARTS) is 1. The fourth-order valence-corrected chi connectivity index (χ4v) is 2.04. The normalized spacial score (nSPS) is 10.6. The van der Waals surface area contributed by atoms with E-state index in [1.54, 1.807) is 28.8 Å². The standard InChI is InChI=1S/C15H12N2O3/c18-15(19)13-7-4-8-14-16-9-11(17(13)14)10-20-12-5-2-1-3-6-12/h1-9H,10H2,(H,18,19). The molecule has 0 saturated heterocycles. The quantitative estimate of drug-likeness (QED) is 0.790. The molecule has 3 aromatic rings. The fourth-order valence-electron chi connectivity index (χ4n) is 2.04. The number of rotatable bonds is 4. The van der Waals surface area contributed by atoms with Crippen molar-refractivity contribution in [3.05, 3.63) is 66.1 Å². The molecule has 0 unspecified atom stereocenters. The number of benzene rings is 1. The van der Waals surface area contributed by atoms with E-state index in [1.165, 1.54) is 0 Å². The highest BCUT2D eigenvalue weighted by Crippen LogP contribution is 2.15. The summed E-state index contributed by atoms with van der Waals surface area (Å²) in [4.78, 5) is 15.4. The van der Waals surface area contributed by atoms with E-state index in [2.05, 4.69) is 4.98 Å². The summed E-state index contributed by atoms with van der Waals surface area (Å²) in [5, 5.41) is 9.22. The molecule has 100 valence electrons. The van der Waals surface area contributed by atoms with Gasteiger partial charge in [-0.2, -0.15) is 0 Å². The second kappa shape index (κ2) is 5.05. The van der Waals surface area contributed by atoms with Gasteiger partial charge in [-0.25, -0.2) is 9.78 Å². The van der Waals surface area contributed by atoms with Gasteiger partial charge in [-0.3, -0.25) is 4.40 Å². The zero-order valence-corrected chi connectivity index (χ0v) is 10.6. The Morgan fingerprint density at radius 3 is 2.70 bits per heavy atom. The molecule has 0 aliphatic heterocycles. The Morgan fingerprint density at radius 2 is 1.95 bits per heavy atom. The minimum absolute atomic E-state index is 0.173. The summed E-state index contributed by atoms with van der Waals surface area (Å²) in [5.74, 6) is -0.259. The molecule has 0 atom stereocenters. The molecule has 0 spiro atoms. The maximum Gasteiger partial charge on any atom is 0.352 e. The molecular formula is C15H12N2O3. The molecule has 1 aromatic carbocycles. The van der Waals surface area contributed by atoms with Crippen LogP contribution in [0.15, 0.2) is 54.7 Å². The smallest absolute Gasteiger partial charge is 0.352 e. The van der Waals surface area contributed by atoms with Crippen molar-refractivity contribution in [1.29, 1.82) is 0 Å². The number of pyridine rings is 1. The van der Waals surface area contributed by atoms with Crippen LogP contribution in [0.1, 0.15) is 16.2 Å². The number of para-hydroxylation sites is 1. The highest BCUT2D eigenvalue weighted by molar-refractivity contribution is 5.86. The molecule has 3 rings (SSSR count). The molecule has 2 heterocycles. The third-order valence-corrected chi connectivity index (χ3v) is 2.95. The topological polar surface area (TPSA) is 63.8 Å². The minimum atomic E-state index is -0.991. The number of aromatic carboxylic acids is 1. The Hall–Kier alpha value is -2.82. The zero-order chi connectivity index (χ0) is 13.9. The Kier molecular flexibility index (Phi) is 3.09. The molecule has 0 aliphatic rings. The molecule has 5 heteroatoms. The molecule has 1 N–H and O–H groups in total. The van der Waals surface area contributed by atoms with Crippen LogP contribution >= 0.6 is 0 Å². The molecule has 0 aliphatic carbocycles. The summed E-state index contributed by atoms with van der Waals surface area (Å²) < 4.78 is 7.23. The Bertz CT molecular complexity index is 750. The van der Waals surface area contributed by atoms with E-state index in [1.807, 2.05) is 30.3 Å². The van der Waals surface area contributed by atoms with Crippen LogP contribution in [-0.2, 0) is 6.61 Å². The predicted octanol–water partition coefficient (Wildman–Crippen LogP) is 2.61. The van der Waals surface area contributed by atoms with E-state index in [0.717, 1.165) is 5.75 Å². The van der Waals surface area contributed by atoms with Gasteiger partial charge in [-0.1, -0.05) is 24.3 Å². The van der Waals surface area contributed by atoms with Gasteiger partial charge < -0.3 is 9.84 Å². The third kappa shape index (κ3) is 2.21. The summed E-state index contributed by atoms with van der Waals surface area (Å²) >= 11 is 0. The van der Waals surface area contributed by atoms with E-state index in [9.17, 15) is 9.90 Å². The first kappa shape index (κ1) is 12.2. The lowest BCUT2D eigenvalue weighted by Gasteiger charge is -2.07. The maximum absolute atomic E-state index is 11.2. The molecule has 0 amide bonds. The molecule has 20 heavy (non-hydrogen) atoms. The lowest BCUT2D eigenvalue weighted by atomic mass is 10.3. The zero-order valence-electron chi connectivity index (χ0n) is 10.6. The minimum Gasteiger partial charge on any atom is -0.487 e. The van der Waals surface area contributed by atoms with Gasteiger partial charge in [-0.05, 0) is 24.3 Å². The molecular weight excluding hydrogens is 256 g/mol. The van der Waals surface area contributed by atoms with Gasteiger partial charge in [0.1, 0.15) is 23.7 Å². The van der Waals surface area contributed by atoms with Crippen molar-refractivity contribution in [2.45, 2.75) is 6.61 Å². The van der Waals surface area contributed by atoms with Crippen LogP contribution in [0.25, 0.3) is 5.65 Å². The maximum atomic E-state index is 11.2. The van der Waals surface area contributed by atoms with E-state index in [-0.39, 0.29) is 12.3 Å². The highest BCUT2D eigenvalue weighted by atomic mass is 16.5. The number of aromatic nitrogens is 2. The predicted molar refractivity (Wildman–Crippen MR) is 72.9 cm³/mol. The number of fused-ring (bicyclic) bond motifs is 1. The summed E-state index contributed by atoms with van der Waals surface area (Å²) in [5.41, 5.74) is 1.46. The molecule has 0 fully saturated rings. The van der Waals surface area contributed by atoms with Gasteiger partial charge in [-0.15, -0.1) is 0 Å². The molecule has 0 radical (unpaired) electrons. The number of imidazole rings is 1. The van der Waals surface area contributed by atoms with Crippen LogP contribution < -0.4 is 4.74 Å². The summed E-state index contributed by atoms with van der Waals surface area (Å²) in [7, 11) is 0. The van der Waals surface area contributed by atoms with Gasteiger partial charge >= 0.3 is 5.97 Å². The second-order valence-corrected chi connectivity index (χ2v) is 4.26. The third-order valence-electron chi connectivity index (χ3n) is 2.95. The summed E-state index contributed by atoms with van der Waals surface area (Å²) in [6.45, 7) is 0.259. The lowest BCUT2D eigenvalue weighted by molar-refractivity contribution is 0.0688. The van der Waals surface area contributed by atoms with Crippen molar-refractivity contribution in [2.24, 2.45) is 0 Å². The number of hydrogen-bond acceptors (Lipinski definition) is 3. The van der Waals surface area contributed by atoms with E-state index in [0.29, 0.717) is 11.3 Å². The van der Waals surface area contributed by atoms with Crippen molar-refractivity contribution < 1.29 is 14.6 Å². The number of hydrogen-bond donors (Lipinski definition) is 1. The van der Waals surface area contributed by atoms with Crippen molar-refractivity contribution >= 4 is 11.6 Å². The Balaban J connectivity index is 1.94. The van der Waals surface area contributed by atoms with Crippen LogP contribution in [0.3, 0.4) is 0 Å². The highest BCUT2D eigenvalue weighted by Gasteiger charge is 2.12. The number of carboxylic acids is 1. The fraction of sp³-hybridized carbons (Fsp3) is 0.0667. The first-order chi connectivity index (χ1) is 9.75. The van der Waals surface area contributed by atoms with Gasteiger partial charge in [0.25, 0.3) is 0 Å². The van der Waals surface area contributed by atoms with Crippen LogP contribution in [0.2, 0.25) is 0 Å². The summed E-state index contributed by atoms with van der Waals surface area (Å²) in [6, 6.07) is 14.3. The van der Waals surface area contributed by atoms with Crippen molar-refractivity contribution in [1.82, 2.24) is 9.38 Å². The first-order valence-electron chi connectivity index (χ1n) is 6.12. The Morgan fingerprint density at radius 1 is 1.15 bits per heavy atom. The second-order valence-electron chi connectivity index (χ2n) is 4.26. The van der Waals surface area contributed by atoms with Gasteiger partial charge in [0, 0.05) is 0 Å². The SMILES string of the molecule is O=C(O)c1cccc2ncc(COc3ccccc3)n12. The molecule has 0 saturated carbocycles. The largest absolute Gasteiger partial charge is 0.487 e. The first-order valence-corrected chi connectivity index (χ1v) is 6.12. The van der Waals surface area contributed by atoms with Crippen LogP contribution in [0, 0.1) is 0 Å². The van der Waals surface area contributed by atoms with Crippen LogP contribution in [0.5, 0.6) is 5.75 Å². The van der Waals surface area contributed by atoms with E-state index >= 15 is 0 Å². The average molecular weight is 268 g/mol. The molecule has 0 bridgehead atoms. The van der Waals surface area contributed by atoms with Crippen LogP contribution in [0.4, 0.5) is 0 Å². The number of carbonyl (C=O) groups is 1. The van der Waals surface area contributed by atoms with Crippen LogP contribution in [-0.4, -0.2) is 20.5 Å². The lowest BCUT2D eigenvalue weighted by Crippen LogP contribution is -2.08. The van der Waals surface area contributed by atoms with Gasteiger partial charge in [0.15, 0.2) is 0 Å². The van der Waals surface area contributed by atoms with E-state index in [4.69, 9.17) is 4.74 Å². The van der Waals surface area contributed by atoms with Crippen molar-refractivity contribution in [3.8, 4) is 5.75 Å². The molecule has 2 aromatic heterocycles. The van der Waals surface area contributed by atoms with Crippen molar-refractivity contribution in [2.75, 3.05) is 0 Å². The number of nitrogens with zero attached hydrogens (tertiary/aromatic N) is 2.